The number of rotatable bonds is 7. The summed E-state index contributed by atoms with van der Waals surface area (Å²) in [6.45, 7) is 0.837. The third-order valence-electron chi connectivity index (χ3n) is 3.59. The number of likely N-dealkylation sites (N-methyl/N-ethyl adjacent to an activating group) is 1. The molecule has 0 spiro atoms. The molecule has 0 radical (unpaired) electrons. The zero-order chi connectivity index (χ0) is 14.5. The fourth-order valence-electron chi connectivity index (χ4n) is 2.23. The van der Waals surface area contributed by atoms with E-state index < -0.39 is 0 Å². The Bertz CT molecular complexity index is 443. The molecule has 0 heterocycles. The summed E-state index contributed by atoms with van der Waals surface area (Å²) in [7, 11) is 3.57. The van der Waals surface area contributed by atoms with Crippen molar-refractivity contribution < 1.29 is 9.53 Å². The van der Waals surface area contributed by atoms with Crippen LogP contribution in [0.25, 0.3) is 0 Å². The van der Waals surface area contributed by atoms with Crippen LogP contribution in [0.1, 0.15) is 24.4 Å². The Hall–Kier alpha value is -1.59. The molecule has 3 N–H and O–H groups in total. The summed E-state index contributed by atoms with van der Waals surface area (Å²) >= 11 is 0. The molecule has 0 bridgehead atoms. The number of carbonyl (C=O) groups is 1. The minimum absolute atomic E-state index is 0.0332. The zero-order valence-corrected chi connectivity index (χ0v) is 12.1. The molecule has 2 rings (SSSR count). The quantitative estimate of drug-likeness (QED) is 0.777. The summed E-state index contributed by atoms with van der Waals surface area (Å²) in [6.07, 6.45) is 2.21. The van der Waals surface area contributed by atoms with Crippen molar-refractivity contribution in [2.75, 3.05) is 27.2 Å². The largest absolute Gasteiger partial charge is 0.497 e. The molecular weight excluding hydrogens is 254 g/mol. The maximum Gasteiger partial charge on any atom is 0.234 e. The standard InChI is InChI=1S/C15H23N3O2/c1-18(10-15(19)17-12-5-6-12)14(9-16)11-3-7-13(20-2)8-4-11/h3-4,7-8,12,14H,5-6,9-10,16H2,1-2H3,(H,17,19). The number of carbonyl (C=O) groups excluding carboxylic acids is 1. The van der Waals surface area contributed by atoms with Crippen molar-refractivity contribution in [1.29, 1.82) is 0 Å². The second-order valence-corrected chi connectivity index (χ2v) is 5.28. The number of nitrogens with one attached hydrogen (secondary N) is 1. The first-order valence-corrected chi connectivity index (χ1v) is 6.97. The molecule has 0 aromatic heterocycles. The highest BCUT2D eigenvalue weighted by molar-refractivity contribution is 5.78. The highest BCUT2D eigenvalue weighted by Gasteiger charge is 2.25. The van der Waals surface area contributed by atoms with Gasteiger partial charge >= 0.3 is 0 Å². The average Bonchev–Trinajstić information content (AvgIpc) is 3.24. The molecule has 1 unspecified atom stereocenters. The Balaban J connectivity index is 1.95. The van der Waals surface area contributed by atoms with E-state index in [1.165, 1.54) is 0 Å². The van der Waals surface area contributed by atoms with Gasteiger partial charge < -0.3 is 15.8 Å². The van der Waals surface area contributed by atoms with E-state index in [0.717, 1.165) is 24.2 Å². The second-order valence-electron chi connectivity index (χ2n) is 5.28. The van der Waals surface area contributed by atoms with Crippen LogP contribution in [0.4, 0.5) is 0 Å². The number of nitrogens with zero attached hydrogens (tertiary/aromatic N) is 1. The summed E-state index contributed by atoms with van der Waals surface area (Å²) in [6, 6.07) is 8.24. The van der Waals surface area contributed by atoms with Crippen LogP contribution in [0.5, 0.6) is 5.75 Å². The molecule has 1 atom stereocenters. The Morgan fingerprint density at radius 1 is 1.45 bits per heavy atom. The summed E-state index contributed by atoms with van der Waals surface area (Å²) in [4.78, 5) is 13.8. The molecule has 1 fully saturated rings. The topological polar surface area (TPSA) is 67.6 Å². The number of hydrogen-bond acceptors (Lipinski definition) is 4. The lowest BCUT2D eigenvalue weighted by molar-refractivity contribution is -0.122. The van der Waals surface area contributed by atoms with Gasteiger partial charge in [-0.05, 0) is 37.6 Å². The Kier molecular flexibility index (Phi) is 4.98. The van der Waals surface area contributed by atoms with Gasteiger partial charge in [-0.15, -0.1) is 0 Å². The zero-order valence-electron chi connectivity index (χ0n) is 12.1. The van der Waals surface area contributed by atoms with Crippen LogP contribution in [0.3, 0.4) is 0 Å². The lowest BCUT2D eigenvalue weighted by atomic mass is 10.1. The highest BCUT2D eigenvalue weighted by atomic mass is 16.5. The van der Waals surface area contributed by atoms with Crippen LogP contribution < -0.4 is 15.8 Å². The number of methoxy groups -OCH3 is 1. The van der Waals surface area contributed by atoms with E-state index in [9.17, 15) is 4.79 Å². The van der Waals surface area contributed by atoms with E-state index in [-0.39, 0.29) is 11.9 Å². The van der Waals surface area contributed by atoms with Gasteiger partial charge in [-0.2, -0.15) is 0 Å². The number of amides is 1. The van der Waals surface area contributed by atoms with Crippen LogP contribution in [0.2, 0.25) is 0 Å². The van der Waals surface area contributed by atoms with Crippen LogP contribution >= 0.6 is 0 Å². The molecule has 1 aliphatic rings. The molecule has 5 heteroatoms. The number of hydrogen-bond donors (Lipinski definition) is 2. The fourth-order valence-corrected chi connectivity index (χ4v) is 2.23. The number of benzene rings is 1. The molecular formula is C15H23N3O2. The van der Waals surface area contributed by atoms with Gasteiger partial charge in [0.15, 0.2) is 0 Å². The summed E-state index contributed by atoms with van der Waals surface area (Å²) in [5, 5.41) is 2.99. The lowest BCUT2D eigenvalue weighted by Crippen LogP contribution is -2.40. The summed E-state index contributed by atoms with van der Waals surface area (Å²) in [5.41, 5.74) is 6.95. The third-order valence-corrected chi connectivity index (χ3v) is 3.59. The van der Waals surface area contributed by atoms with Gasteiger partial charge in [-0.1, -0.05) is 12.1 Å². The first kappa shape index (κ1) is 14.8. The van der Waals surface area contributed by atoms with E-state index in [1.54, 1.807) is 7.11 Å². The summed E-state index contributed by atoms with van der Waals surface area (Å²) < 4.78 is 5.15. The molecule has 1 aromatic carbocycles. The van der Waals surface area contributed by atoms with E-state index in [4.69, 9.17) is 10.5 Å². The normalized spacial score (nSPS) is 16.0. The van der Waals surface area contributed by atoms with Gasteiger partial charge in [-0.3, -0.25) is 9.69 Å². The van der Waals surface area contributed by atoms with Crippen molar-refractivity contribution in [1.82, 2.24) is 10.2 Å². The first-order chi connectivity index (χ1) is 9.63. The molecule has 1 saturated carbocycles. The second kappa shape index (κ2) is 6.72. The maximum atomic E-state index is 11.8. The first-order valence-electron chi connectivity index (χ1n) is 6.97. The van der Waals surface area contributed by atoms with Crippen LogP contribution in [0.15, 0.2) is 24.3 Å². The van der Waals surface area contributed by atoms with Gasteiger partial charge in [0, 0.05) is 18.6 Å². The van der Waals surface area contributed by atoms with E-state index in [2.05, 4.69) is 5.32 Å². The Labute approximate surface area is 120 Å². The molecule has 0 saturated heterocycles. The van der Waals surface area contributed by atoms with Gasteiger partial charge in [0.1, 0.15) is 5.75 Å². The summed E-state index contributed by atoms with van der Waals surface area (Å²) in [5.74, 6) is 0.889. The molecule has 20 heavy (non-hydrogen) atoms. The van der Waals surface area contributed by atoms with E-state index in [1.807, 2.05) is 36.2 Å². The van der Waals surface area contributed by atoms with Crippen molar-refractivity contribution in [3.8, 4) is 5.75 Å². The van der Waals surface area contributed by atoms with Crippen LogP contribution in [-0.4, -0.2) is 44.1 Å². The van der Waals surface area contributed by atoms with E-state index >= 15 is 0 Å². The van der Waals surface area contributed by atoms with Gasteiger partial charge in [0.2, 0.25) is 5.91 Å². The molecule has 1 amide bonds. The average molecular weight is 277 g/mol. The smallest absolute Gasteiger partial charge is 0.234 e. The SMILES string of the molecule is COc1ccc(C(CN)N(C)CC(=O)NC2CC2)cc1. The number of nitrogens with two attached hydrogens (primary N) is 1. The third kappa shape index (κ3) is 3.95. The Morgan fingerprint density at radius 3 is 2.60 bits per heavy atom. The van der Waals surface area contributed by atoms with Gasteiger partial charge in [-0.25, -0.2) is 0 Å². The minimum atomic E-state index is 0.0332. The minimum Gasteiger partial charge on any atom is -0.497 e. The van der Waals surface area contributed by atoms with Crippen molar-refractivity contribution in [2.45, 2.75) is 24.9 Å². The van der Waals surface area contributed by atoms with Gasteiger partial charge in [0.25, 0.3) is 0 Å². The molecule has 1 aromatic rings. The monoisotopic (exact) mass is 277 g/mol. The van der Waals surface area contributed by atoms with Crippen molar-refractivity contribution in [2.24, 2.45) is 5.73 Å². The van der Waals surface area contributed by atoms with Crippen molar-refractivity contribution >= 4 is 5.91 Å². The van der Waals surface area contributed by atoms with Crippen molar-refractivity contribution in [3.63, 3.8) is 0 Å². The number of ether oxygens (including phenoxy) is 1. The van der Waals surface area contributed by atoms with Crippen molar-refractivity contribution in [3.05, 3.63) is 29.8 Å². The van der Waals surface area contributed by atoms with Gasteiger partial charge in [0.05, 0.1) is 13.7 Å². The predicted octanol–water partition coefficient (Wildman–Crippen LogP) is 0.905. The maximum absolute atomic E-state index is 11.8. The lowest BCUT2D eigenvalue weighted by Gasteiger charge is -2.27. The van der Waals surface area contributed by atoms with Crippen LogP contribution in [-0.2, 0) is 4.79 Å². The molecule has 1 aliphatic carbocycles. The molecule has 110 valence electrons. The fraction of sp³-hybridized carbons (Fsp3) is 0.533. The van der Waals surface area contributed by atoms with Crippen LogP contribution in [0, 0.1) is 0 Å². The van der Waals surface area contributed by atoms with E-state index in [0.29, 0.717) is 19.1 Å². The molecule has 5 nitrogen and oxygen atoms in total. The predicted molar refractivity (Wildman–Crippen MR) is 78.6 cm³/mol. The highest BCUT2D eigenvalue weighted by Crippen LogP contribution is 2.22. The Morgan fingerprint density at radius 2 is 2.10 bits per heavy atom. The molecule has 0 aliphatic heterocycles.